The lowest BCUT2D eigenvalue weighted by Gasteiger charge is -2.10. The summed E-state index contributed by atoms with van der Waals surface area (Å²) in [5, 5.41) is 3.36. The Morgan fingerprint density at radius 2 is 1.96 bits per heavy atom. The van der Waals surface area contributed by atoms with Gasteiger partial charge in [0.2, 0.25) is 11.8 Å². The zero-order valence-corrected chi connectivity index (χ0v) is 13.8. The molecule has 0 N–H and O–H groups in total. The molecule has 0 aliphatic carbocycles. The number of methoxy groups -OCH3 is 1. The van der Waals surface area contributed by atoms with Crippen LogP contribution in [0.3, 0.4) is 0 Å². The molecule has 3 aromatic rings. The van der Waals surface area contributed by atoms with Crippen LogP contribution in [0.2, 0.25) is 0 Å². The Morgan fingerprint density at radius 1 is 1.17 bits per heavy atom. The highest BCUT2D eigenvalue weighted by atomic mass is 79.9. The van der Waals surface area contributed by atoms with Crippen LogP contribution in [0.4, 0.5) is 8.78 Å². The van der Waals surface area contributed by atoms with Crippen molar-refractivity contribution in [3.63, 3.8) is 0 Å². The monoisotopic (exact) mass is 397 g/mol. The first-order chi connectivity index (χ1) is 11.6. The van der Waals surface area contributed by atoms with Gasteiger partial charge in [-0.15, -0.1) is 0 Å². The third-order valence-corrected chi connectivity index (χ3v) is 3.68. The fourth-order valence-electron chi connectivity index (χ4n) is 1.94. The normalized spacial score (nSPS) is 10.9. The number of rotatable bonds is 5. The number of halogens is 3. The van der Waals surface area contributed by atoms with Crippen molar-refractivity contribution in [2.75, 3.05) is 7.11 Å². The molecule has 3 rings (SSSR count). The van der Waals surface area contributed by atoms with Crippen molar-refractivity contribution in [1.82, 2.24) is 15.1 Å². The Bertz CT molecular complexity index is 857. The Morgan fingerprint density at radius 3 is 2.67 bits per heavy atom. The summed E-state index contributed by atoms with van der Waals surface area (Å²) < 4.78 is 41.8. The summed E-state index contributed by atoms with van der Waals surface area (Å²) in [4.78, 5) is 7.87. The van der Waals surface area contributed by atoms with Crippen molar-refractivity contribution in [3.8, 4) is 28.8 Å². The minimum absolute atomic E-state index is 0.147. The van der Waals surface area contributed by atoms with Gasteiger partial charge in [0, 0.05) is 10.5 Å². The largest absolute Gasteiger partial charge is 0.481 e. The van der Waals surface area contributed by atoms with Crippen molar-refractivity contribution in [2.24, 2.45) is 0 Å². The first-order valence-corrected chi connectivity index (χ1v) is 7.45. The molecule has 6 nitrogen and oxygen atoms in total. The standard InChI is InChI=1S/C15H10BrF2N3O3/c1-22-12-6-13(20-7-19-12)23-10-4-2-3-8(16)14(10)11-5-9(15(17)18)21-24-11/h2-7,15H,1H3. The number of benzene rings is 1. The van der Waals surface area contributed by atoms with Crippen LogP contribution in [0.25, 0.3) is 11.3 Å². The molecule has 0 atom stereocenters. The minimum atomic E-state index is -2.72. The maximum Gasteiger partial charge on any atom is 0.283 e. The summed E-state index contributed by atoms with van der Waals surface area (Å²) in [6.07, 6.45) is -1.43. The molecule has 0 bridgehead atoms. The molecule has 0 fully saturated rings. The van der Waals surface area contributed by atoms with Gasteiger partial charge in [0.05, 0.1) is 18.7 Å². The van der Waals surface area contributed by atoms with E-state index in [4.69, 9.17) is 14.0 Å². The van der Waals surface area contributed by atoms with Gasteiger partial charge in [0.1, 0.15) is 17.8 Å². The molecule has 124 valence electrons. The predicted octanol–water partition coefficient (Wildman–Crippen LogP) is 4.63. The van der Waals surface area contributed by atoms with Crippen molar-refractivity contribution in [2.45, 2.75) is 6.43 Å². The molecule has 9 heteroatoms. The van der Waals surface area contributed by atoms with Crippen LogP contribution >= 0.6 is 15.9 Å². The van der Waals surface area contributed by atoms with E-state index in [1.807, 2.05) is 0 Å². The lowest BCUT2D eigenvalue weighted by atomic mass is 10.1. The van der Waals surface area contributed by atoms with Gasteiger partial charge >= 0.3 is 0 Å². The molecule has 0 amide bonds. The number of hydrogen-bond donors (Lipinski definition) is 0. The molecule has 2 aromatic heterocycles. The van der Waals surface area contributed by atoms with Gasteiger partial charge in [-0.3, -0.25) is 0 Å². The SMILES string of the molecule is COc1cc(Oc2cccc(Br)c2-c2cc(C(F)F)no2)ncn1. The Balaban J connectivity index is 2.00. The van der Waals surface area contributed by atoms with Crippen molar-refractivity contribution >= 4 is 15.9 Å². The van der Waals surface area contributed by atoms with E-state index in [-0.39, 0.29) is 11.6 Å². The third kappa shape index (κ3) is 3.35. The molecule has 0 radical (unpaired) electrons. The lowest BCUT2D eigenvalue weighted by Crippen LogP contribution is -1.94. The average Bonchev–Trinajstić information content (AvgIpc) is 3.05. The van der Waals surface area contributed by atoms with E-state index in [1.54, 1.807) is 18.2 Å². The second kappa shape index (κ2) is 6.91. The topological polar surface area (TPSA) is 70.3 Å². The third-order valence-electron chi connectivity index (χ3n) is 3.01. The van der Waals surface area contributed by atoms with E-state index in [0.717, 1.165) is 6.07 Å². The highest BCUT2D eigenvalue weighted by molar-refractivity contribution is 9.10. The highest BCUT2D eigenvalue weighted by Crippen LogP contribution is 2.39. The van der Waals surface area contributed by atoms with Gasteiger partial charge < -0.3 is 14.0 Å². The van der Waals surface area contributed by atoms with Crippen LogP contribution in [-0.4, -0.2) is 22.2 Å². The molecular formula is C15H10BrF2N3O3. The average molecular weight is 398 g/mol. The Kier molecular flexibility index (Phi) is 4.70. The van der Waals surface area contributed by atoms with Gasteiger partial charge in [-0.25, -0.2) is 18.7 Å². The fraction of sp³-hybridized carbons (Fsp3) is 0.133. The number of hydrogen-bond acceptors (Lipinski definition) is 6. The van der Waals surface area contributed by atoms with Crippen molar-refractivity contribution in [3.05, 3.63) is 46.8 Å². The second-order valence-corrected chi connectivity index (χ2v) is 5.38. The summed E-state index contributed by atoms with van der Waals surface area (Å²) in [7, 11) is 1.47. The van der Waals surface area contributed by atoms with Crippen LogP contribution in [0.1, 0.15) is 12.1 Å². The van der Waals surface area contributed by atoms with Gasteiger partial charge in [-0.2, -0.15) is 0 Å². The first kappa shape index (κ1) is 16.3. The minimum Gasteiger partial charge on any atom is -0.481 e. The van der Waals surface area contributed by atoms with E-state index in [0.29, 0.717) is 21.7 Å². The predicted molar refractivity (Wildman–Crippen MR) is 83.3 cm³/mol. The van der Waals surface area contributed by atoms with Crippen molar-refractivity contribution < 1.29 is 22.8 Å². The molecule has 0 unspecified atom stereocenters. The molecule has 24 heavy (non-hydrogen) atoms. The molecule has 0 saturated carbocycles. The van der Waals surface area contributed by atoms with Crippen molar-refractivity contribution in [1.29, 1.82) is 0 Å². The van der Waals surface area contributed by atoms with Crippen LogP contribution in [-0.2, 0) is 0 Å². The maximum atomic E-state index is 12.7. The van der Waals surface area contributed by atoms with Gasteiger partial charge in [0.15, 0.2) is 5.76 Å². The maximum absolute atomic E-state index is 12.7. The van der Waals surface area contributed by atoms with E-state index in [9.17, 15) is 8.78 Å². The Hall–Kier alpha value is -2.55. The molecule has 0 aliphatic rings. The molecular weight excluding hydrogens is 388 g/mol. The summed E-state index contributed by atoms with van der Waals surface area (Å²) in [6, 6.07) is 7.77. The summed E-state index contributed by atoms with van der Waals surface area (Å²) in [5.74, 6) is 1.06. The number of aromatic nitrogens is 3. The fourth-order valence-corrected chi connectivity index (χ4v) is 2.48. The lowest BCUT2D eigenvalue weighted by molar-refractivity contribution is 0.140. The summed E-state index contributed by atoms with van der Waals surface area (Å²) in [5.41, 5.74) is -0.00936. The van der Waals surface area contributed by atoms with Crippen LogP contribution in [0.5, 0.6) is 17.5 Å². The smallest absolute Gasteiger partial charge is 0.283 e. The summed E-state index contributed by atoms with van der Waals surface area (Å²) >= 11 is 3.36. The Labute approximate surface area is 143 Å². The molecule has 0 aliphatic heterocycles. The van der Waals surface area contributed by atoms with Gasteiger partial charge in [-0.05, 0) is 28.1 Å². The van der Waals surface area contributed by atoms with Gasteiger partial charge in [-0.1, -0.05) is 11.2 Å². The van der Waals surface area contributed by atoms with Crippen LogP contribution < -0.4 is 9.47 Å². The van der Waals surface area contributed by atoms with E-state index in [2.05, 4.69) is 31.1 Å². The zero-order chi connectivity index (χ0) is 17.1. The van der Waals surface area contributed by atoms with Gasteiger partial charge in [0.25, 0.3) is 6.43 Å². The first-order valence-electron chi connectivity index (χ1n) is 6.66. The number of ether oxygens (including phenoxy) is 2. The van der Waals surface area contributed by atoms with Crippen LogP contribution in [0.15, 0.2) is 45.7 Å². The zero-order valence-electron chi connectivity index (χ0n) is 12.2. The molecule has 2 heterocycles. The summed E-state index contributed by atoms with van der Waals surface area (Å²) in [6.45, 7) is 0. The van der Waals surface area contributed by atoms with E-state index >= 15 is 0 Å². The van der Waals surface area contributed by atoms with E-state index in [1.165, 1.54) is 19.5 Å². The quantitative estimate of drug-likeness (QED) is 0.624. The second-order valence-electron chi connectivity index (χ2n) is 4.53. The number of alkyl halides is 2. The molecule has 1 aromatic carbocycles. The molecule has 0 saturated heterocycles. The highest BCUT2D eigenvalue weighted by Gasteiger charge is 2.20. The van der Waals surface area contributed by atoms with E-state index < -0.39 is 12.1 Å². The van der Waals surface area contributed by atoms with Crippen LogP contribution in [0, 0.1) is 0 Å². The number of nitrogens with zero attached hydrogens (tertiary/aromatic N) is 3. The molecule has 0 spiro atoms.